The second-order valence-corrected chi connectivity index (χ2v) is 9.29. The van der Waals surface area contributed by atoms with E-state index in [-0.39, 0.29) is 41.6 Å². The molecule has 1 aliphatic heterocycles. The second-order valence-electron chi connectivity index (χ2n) is 9.29. The fourth-order valence-electron chi connectivity index (χ4n) is 5.07. The Kier molecular flexibility index (Phi) is 6.33. The number of benzene rings is 1. The van der Waals surface area contributed by atoms with E-state index < -0.39 is 40.0 Å². The predicted molar refractivity (Wildman–Crippen MR) is 120 cm³/mol. The van der Waals surface area contributed by atoms with Gasteiger partial charge in [0.25, 0.3) is 5.91 Å². The summed E-state index contributed by atoms with van der Waals surface area (Å²) in [6.45, 7) is 7.03. The molecule has 2 aromatic rings. The third kappa shape index (κ3) is 4.02. The van der Waals surface area contributed by atoms with Gasteiger partial charge >= 0.3 is 0 Å². The Morgan fingerprint density at radius 3 is 2.68 bits per heavy atom. The van der Waals surface area contributed by atoms with Gasteiger partial charge in [0.2, 0.25) is 5.43 Å². The minimum Gasteiger partial charge on any atom is -0.503 e. The number of aromatic hydroxyl groups is 1. The van der Waals surface area contributed by atoms with E-state index in [1.54, 1.807) is 4.90 Å². The van der Waals surface area contributed by atoms with E-state index in [4.69, 9.17) is 4.74 Å². The van der Waals surface area contributed by atoms with Crippen LogP contribution in [0.1, 0.15) is 60.0 Å². The zero-order chi connectivity index (χ0) is 24.8. The van der Waals surface area contributed by atoms with Gasteiger partial charge in [0.05, 0.1) is 17.7 Å². The molecule has 1 N–H and O–H groups in total. The molecule has 0 unspecified atom stereocenters. The molecular weight excluding hydrogens is 446 g/mol. The highest BCUT2D eigenvalue weighted by atomic mass is 19.1. The van der Waals surface area contributed by atoms with Gasteiger partial charge in [-0.15, -0.1) is 0 Å². The third-order valence-electron chi connectivity index (χ3n) is 6.78. The number of rotatable bonds is 8. The summed E-state index contributed by atoms with van der Waals surface area (Å²) in [6, 6.07) is 2.93. The molecule has 4 rings (SSSR count). The molecule has 34 heavy (non-hydrogen) atoms. The van der Waals surface area contributed by atoms with E-state index >= 15 is 0 Å². The molecule has 1 aliphatic carbocycles. The molecule has 1 saturated carbocycles. The van der Waals surface area contributed by atoms with Crippen molar-refractivity contribution < 1.29 is 28.2 Å². The molecular formula is C25H28F2N2O5. The highest BCUT2D eigenvalue weighted by Crippen LogP contribution is 2.53. The molecule has 0 saturated heterocycles. The Balaban J connectivity index is 1.65. The summed E-state index contributed by atoms with van der Waals surface area (Å²) in [4.78, 5) is 40.8. The molecule has 1 fully saturated rings. The lowest BCUT2D eigenvalue weighted by molar-refractivity contribution is 0.0356. The number of aromatic nitrogens is 1. The van der Waals surface area contributed by atoms with Crippen molar-refractivity contribution in [2.75, 3.05) is 13.2 Å². The molecule has 2 heterocycles. The van der Waals surface area contributed by atoms with Gasteiger partial charge in [0.1, 0.15) is 11.6 Å². The number of hydrogen-bond acceptors (Lipinski definition) is 5. The van der Waals surface area contributed by atoms with Crippen molar-refractivity contribution in [2.24, 2.45) is 5.92 Å². The number of halogens is 2. The Morgan fingerprint density at radius 2 is 2.03 bits per heavy atom. The van der Waals surface area contributed by atoms with Crippen LogP contribution >= 0.6 is 0 Å². The van der Waals surface area contributed by atoms with Gasteiger partial charge in [-0.3, -0.25) is 14.4 Å². The number of carbonyl (C=O) groups excluding carboxylic acids is 2. The lowest BCUT2D eigenvalue weighted by Gasteiger charge is -2.42. The van der Waals surface area contributed by atoms with Crippen molar-refractivity contribution in [3.05, 3.63) is 63.1 Å². The van der Waals surface area contributed by atoms with Crippen LogP contribution in [-0.2, 0) is 17.7 Å². The molecule has 9 heteroatoms. The highest BCUT2D eigenvalue weighted by Gasteiger charge is 2.63. The summed E-state index contributed by atoms with van der Waals surface area (Å²) < 4.78 is 34.1. The number of pyridine rings is 1. The lowest BCUT2D eigenvalue weighted by atomic mass is 9.99. The quantitative estimate of drug-likeness (QED) is 0.593. The first-order valence-electron chi connectivity index (χ1n) is 11.5. The Bertz CT molecular complexity index is 1210. The first-order chi connectivity index (χ1) is 16.1. The number of nitrogens with zero attached hydrogens (tertiary/aromatic N) is 2. The molecule has 2 atom stereocenters. The smallest absolute Gasteiger partial charge is 0.275 e. The maximum atomic E-state index is 13.9. The fraction of sp³-hybridized carbons (Fsp3) is 0.480. The lowest BCUT2D eigenvalue weighted by Crippen LogP contribution is -2.55. The minimum absolute atomic E-state index is 0.0344. The van der Waals surface area contributed by atoms with E-state index in [1.807, 2.05) is 20.8 Å². The van der Waals surface area contributed by atoms with Crippen LogP contribution in [0.2, 0.25) is 0 Å². The number of aryl methyl sites for hydroxylation is 1. The highest BCUT2D eigenvalue weighted by molar-refractivity contribution is 6.00. The average molecular weight is 475 g/mol. The molecule has 1 spiro atoms. The van der Waals surface area contributed by atoms with Crippen molar-refractivity contribution in [1.29, 1.82) is 0 Å². The summed E-state index contributed by atoms with van der Waals surface area (Å²) >= 11 is 0. The largest absolute Gasteiger partial charge is 0.503 e. The number of Topliss-reactive ketones (excluding diaryl/α,β-unsaturated/α-hetero) is 1. The van der Waals surface area contributed by atoms with Crippen LogP contribution in [0.3, 0.4) is 0 Å². The van der Waals surface area contributed by atoms with Gasteiger partial charge < -0.3 is 19.3 Å². The molecule has 1 aromatic heterocycles. The first-order valence-corrected chi connectivity index (χ1v) is 11.5. The van der Waals surface area contributed by atoms with Crippen molar-refractivity contribution in [3.8, 4) is 5.75 Å². The van der Waals surface area contributed by atoms with Gasteiger partial charge in [-0.2, -0.15) is 0 Å². The summed E-state index contributed by atoms with van der Waals surface area (Å²) in [6.07, 6.45) is 1.80. The van der Waals surface area contributed by atoms with Crippen molar-refractivity contribution in [1.82, 2.24) is 9.47 Å². The molecule has 1 aromatic carbocycles. The molecule has 182 valence electrons. The van der Waals surface area contributed by atoms with Gasteiger partial charge in [-0.05, 0) is 45.2 Å². The summed E-state index contributed by atoms with van der Waals surface area (Å²) in [5, 5.41) is 10.6. The van der Waals surface area contributed by atoms with Gasteiger partial charge in [0, 0.05) is 43.8 Å². The standard InChI is InChI=1S/C25H28F2N2O5/c1-4-34-12-16-10-25(16)13-28-11-18(20(30)8-6-15-5-7-17(26)9-19(15)27)22(31)23(32)21(28)24(33)29(25)14(2)3/h5,7,9,11,14,16,32H,4,6,8,10,12-13H2,1-3H3/t16-,25-/m1/s1. The Hall–Kier alpha value is -3.07. The van der Waals surface area contributed by atoms with Crippen LogP contribution in [-0.4, -0.2) is 51.1 Å². The van der Waals surface area contributed by atoms with E-state index in [2.05, 4.69) is 0 Å². The topological polar surface area (TPSA) is 88.8 Å². The van der Waals surface area contributed by atoms with Crippen LogP contribution in [0.5, 0.6) is 5.75 Å². The fourth-order valence-corrected chi connectivity index (χ4v) is 5.07. The number of ether oxygens (including phenoxy) is 1. The van der Waals surface area contributed by atoms with Crippen LogP contribution < -0.4 is 5.43 Å². The molecule has 1 amide bonds. The van der Waals surface area contributed by atoms with Gasteiger partial charge in [0.15, 0.2) is 17.2 Å². The Morgan fingerprint density at radius 1 is 1.29 bits per heavy atom. The van der Waals surface area contributed by atoms with Crippen LogP contribution in [0.25, 0.3) is 0 Å². The first kappa shape index (κ1) is 24.1. The van der Waals surface area contributed by atoms with Crippen LogP contribution in [0, 0.1) is 17.6 Å². The number of amides is 1. The average Bonchev–Trinajstić information content (AvgIpc) is 3.44. The monoisotopic (exact) mass is 474 g/mol. The van der Waals surface area contributed by atoms with E-state index in [9.17, 15) is 28.3 Å². The number of hydrogen-bond donors (Lipinski definition) is 1. The number of ketones is 1. The normalized spacial score (nSPS) is 21.3. The summed E-state index contributed by atoms with van der Waals surface area (Å²) in [7, 11) is 0. The second kappa shape index (κ2) is 8.94. The van der Waals surface area contributed by atoms with E-state index in [0.717, 1.165) is 18.6 Å². The minimum atomic E-state index is -0.925. The van der Waals surface area contributed by atoms with Gasteiger partial charge in [-0.1, -0.05) is 6.07 Å². The molecule has 0 bridgehead atoms. The number of carbonyl (C=O) groups is 2. The number of fused-ring (bicyclic) bond motifs is 1. The van der Waals surface area contributed by atoms with Crippen molar-refractivity contribution in [2.45, 2.75) is 58.2 Å². The van der Waals surface area contributed by atoms with Gasteiger partial charge in [-0.25, -0.2) is 8.78 Å². The molecule has 0 radical (unpaired) electrons. The van der Waals surface area contributed by atoms with Crippen LogP contribution in [0.4, 0.5) is 8.78 Å². The summed E-state index contributed by atoms with van der Waals surface area (Å²) in [5.41, 5.74) is -1.67. The van der Waals surface area contributed by atoms with Crippen molar-refractivity contribution in [3.63, 3.8) is 0 Å². The van der Waals surface area contributed by atoms with Crippen molar-refractivity contribution >= 4 is 11.7 Å². The van der Waals surface area contributed by atoms with E-state index in [0.29, 0.717) is 19.8 Å². The molecule has 2 aliphatic rings. The summed E-state index contributed by atoms with van der Waals surface area (Å²) in [5.74, 6) is -3.19. The van der Waals surface area contributed by atoms with E-state index in [1.165, 1.54) is 16.8 Å². The third-order valence-corrected chi connectivity index (χ3v) is 6.78. The Labute approximate surface area is 195 Å². The zero-order valence-electron chi connectivity index (χ0n) is 19.4. The maximum absolute atomic E-state index is 13.9. The maximum Gasteiger partial charge on any atom is 0.275 e. The SMILES string of the molecule is CCOC[C@H]1C[C@@]12Cn1cc(C(=O)CCc3ccc(F)cc3F)c(=O)c(O)c1C(=O)N2C(C)C. The predicted octanol–water partition coefficient (Wildman–Crippen LogP) is 3.31. The van der Waals surface area contributed by atoms with Crippen LogP contribution in [0.15, 0.2) is 29.2 Å². The molecule has 7 nitrogen and oxygen atoms in total. The zero-order valence-corrected chi connectivity index (χ0v) is 19.4.